The van der Waals surface area contributed by atoms with E-state index in [1.165, 1.54) is 0 Å². The van der Waals surface area contributed by atoms with Crippen LogP contribution in [-0.2, 0) is 0 Å². The molecule has 3 rings (SSSR count). The highest BCUT2D eigenvalue weighted by atomic mass is 32.2. The molecule has 0 aromatic carbocycles. The molecule has 2 aromatic rings. The quantitative estimate of drug-likeness (QED) is 0.806. The number of fused-ring (bicyclic) bond motifs is 1. The highest BCUT2D eigenvalue weighted by Gasteiger charge is 2.20. The summed E-state index contributed by atoms with van der Waals surface area (Å²) in [5.74, 6) is 1.87. The Morgan fingerprint density at radius 2 is 2.19 bits per heavy atom. The van der Waals surface area contributed by atoms with Crippen molar-refractivity contribution < 1.29 is 0 Å². The van der Waals surface area contributed by atoms with E-state index in [1.54, 1.807) is 24.2 Å². The zero-order chi connectivity index (χ0) is 11.0. The molecule has 16 heavy (non-hydrogen) atoms. The summed E-state index contributed by atoms with van der Waals surface area (Å²) in [5.41, 5.74) is 4.38. The molecule has 0 saturated carbocycles. The summed E-state index contributed by atoms with van der Waals surface area (Å²) in [5, 5.41) is 9.29. The van der Waals surface area contributed by atoms with Gasteiger partial charge in [0, 0.05) is 29.8 Å². The Kier molecular flexibility index (Phi) is 2.28. The van der Waals surface area contributed by atoms with Crippen LogP contribution in [0.4, 0.5) is 0 Å². The SMILES string of the molecule is CC1CSc2nnc(-c3ccncc3)n2N1. The van der Waals surface area contributed by atoms with Crippen LogP contribution in [0, 0.1) is 0 Å². The monoisotopic (exact) mass is 233 g/mol. The molecule has 0 spiro atoms. The van der Waals surface area contributed by atoms with Crippen LogP contribution in [0.3, 0.4) is 0 Å². The fraction of sp³-hybridized carbons (Fsp3) is 0.300. The van der Waals surface area contributed by atoms with E-state index in [2.05, 4.69) is 27.5 Å². The van der Waals surface area contributed by atoms with E-state index in [0.717, 1.165) is 22.3 Å². The number of aromatic nitrogens is 4. The van der Waals surface area contributed by atoms with E-state index in [1.807, 2.05) is 16.8 Å². The maximum Gasteiger partial charge on any atom is 0.210 e. The van der Waals surface area contributed by atoms with Crippen LogP contribution in [-0.4, -0.2) is 31.7 Å². The second-order valence-corrected chi connectivity index (χ2v) is 4.71. The largest absolute Gasteiger partial charge is 0.318 e. The van der Waals surface area contributed by atoms with Gasteiger partial charge in [0.05, 0.1) is 0 Å². The molecule has 1 aliphatic rings. The first-order chi connectivity index (χ1) is 7.84. The highest BCUT2D eigenvalue weighted by molar-refractivity contribution is 7.99. The standard InChI is InChI=1S/C10H11N5S/c1-7-6-16-10-13-12-9(15(10)14-7)8-2-4-11-5-3-8/h2-5,7,14H,6H2,1H3. The summed E-state index contributed by atoms with van der Waals surface area (Å²) < 4.78 is 1.95. The van der Waals surface area contributed by atoms with Crippen LogP contribution in [0.2, 0.25) is 0 Å². The van der Waals surface area contributed by atoms with Crippen molar-refractivity contribution in [3.63, 3.8) is 0 Å². The Balaban J connectivity index is 2.07. The van der Waals surface area contributed by atoms with Crippen molar-refractivity contribution in [1.82, 2.24) is 19.9 Å². The van der Waals surface area contributed by atoms with Crippen LogP contribution < -0.4 is 5.43 Å². The van der Waals surface area contributed by atoms with Crippen LogP contribution >= 0.6 is 11.8 Å². The second-order valence-electron chi connectivity index (χ2n) is 3.72. The minimum absolute atomic E-state index is 0.425. The Morgan fingerprint density at radius 1 is 1.38 bits per heavy atom. The number of thioether (sulfide) groups is 1. The summed E-state index contributed by atoms with van der Waals surface area (Å²) in [4.78, 5) is 4.00. The number of pyridine rings is 1. The molecule has 6 heteroatoms. The fourth-order valence-corrected chi connectivity index (χ4v) is 2.47. The molecule has 5 nitrogen and oxygen atoms in total. The summed E-state index contributed by atoms with van der Waals surface area (Å²) in [6.45, 7) is 2.15. The van der Waals surface area contributed by atoms with Crippen molar-refractivity contribution in [2.75, 3.05) is 11.2 Å². The molecule has 3 heterocycles. The summed E-state index contributed by atoms with van der Waals surface area (Å²) in [6.07, 6.45) is 3.52. The first-order valence-electron chi connectivity index (χ1n) is 5.10. The maximum atomic E-state index is 4.20. The lowest BCUT2D eigenvalue weighted by molar-refractivity contribution is 0.672. The summed E-state index contributed by atoms with van der Waals surface area (Å²) >= 11 is 1.72. The lowest BCUT2D eigenvalue weighted by atomic mass is 10.2. The highest BCUT2D eigenvalue weighted by Crippen LogP contribution is 2.26. The van der Waals surface area contributed by atoms with Crippen molar-refractivity contribution in [3.05, 3.63) is 24.5 Å². The molecule has 1 N–H and O–H groups in total. The molecule has 0 saturated heterocycles. The van der Waals surface area contributed by atoms with E-state index in [4.69, 9.17) is 0 Å². The second kappa shape index (κ2) is 3.79. The third kappa shape index (κ3) is 1.55. The molecule has 0 amide bonds. The van der Waals surface area contributed by atoms with Gasteiger partial charge in [-0.1, -0.05) is 11.8 Å². The van der Waals surface area contributed by atoms with Crippen molar-refractivity contribution in [1.29, 1.82) is 0 Å². The van der Waals surface area contributed by atoms with Gasteiger partial charge in [0.15, 0.2) is 5.82 Å². The average molecular weight is 233 g/mol. The molecule has 1 aliphatic heterocycles. The average Bonchev–Trinajstić information content (AvgIpc) is 2.73. The molecule has 0 aliphatic carbocycles. The van der Waals surface area contributed by atoms with Crippen LogP contribution in [0.1, 0.15) is 6.92 Å². The predicted octanol–water partition coefficient (Wildman–Crippen LogP) is 1.38. The molecule has 1 atom stereocenters. The molecule has 2 aromatic heterocycles. The minimum atomic E-state index is 0.425. The van der Waals surface area contributed by atoms with Gasteiger partial charge in [0.25, 0.3) is 0 Å². The van der Waals surface area contributed by atoms with Gasteiger partial charge in [-0.25, -0.2) is 4.68 Å². The van der Waals surface area contributed by atoms with Gasteiger partial charge in [-0.15, -0.1) is 10.2 Å². The maximum absolute atomic E-state index is 4.20. The number of hydrogen-bond donors (Lipinski definition) is 1. The van der Waals surface area contributed by atoms with Gasteiger partial charge in [-0.2, -0.15) is 0 Å². The van der Waals surface area contributed by atoms with Crippen LogP contribution in [0.5, 0.6) is 0 Å². The number of nitrogens with zero attached hydrogens (tertiary/aromatic N) is 4. The van der Waals surface area contributed by atoms with Crippen LogP contribution in [0.25, 0.3) is 11.4 Å². The predicted molar refractivity (Wildman–Crippen MR) is 62.8 cm³/mol. The first-order valence-corrected chi connectivity index (χ1v) is 6.08. The third-order valence-electron chi connectivity index (χ3n) is 2.38. The Morgan fingerprint density at radius 3 is 3.00 bits per heavy atom. The van der Waals surface area contributed by atoms with E-state index >= 15 is 0 Å². The van der Waals surface area contributed by atoms with E-state index in [9.17, 15) is 0 Å². The van der Waals surface area contributed by atoms with Crippen molar-refractivity contribution >= 4 is 11.8 Å². The Bertz CT molecular complexity index is 495. The fourth-order valence-electron chi connectivity index (χ4n) is 1.62. The molecule has 0 radical (unpaired) electrons. The van der Waals surface area contributed by atoms with Crippen molar-refractivity contribution in [3.8, 4) is 11.4 Å². The van der Waals surface area contributed by atoms with Crippen molar-refractivity contribution in [2.45, 2.75) is 18.1 Å². The smallest absolute Gasteiger partial charge is 0.210 e. The minimum Gasteiger partial charge on any atom is -0.318 e. The normalized spacial score (nSPS) is 18.9. The Hall–Kier alpha value is -1.56. The van der Waals surface area contributed by atoms with E-state index in [-0.39, 0.29) is 0 Å². The zero-order valence-corrected chi connectivity index (χ0v) is 9.61. The van der Waals surface area contributed by atoms with Crippen LogP contribution in [0.15, 0.2) is 29.7 Å². The summed E-state index contributed by atoms with van der Waals surface area (Å²) in [7, 11) is 0. The molecule has 0 bridgehead atoms. The third-order valence-corrected chi connectivity index (χ3v) is 3.57. The number of hydrogen-bond acceptors (Lipinski definition) is 5. The van der Waals surface area contributed by atoms with Gasteiger partial charge in [-0.05, 0) is 19.1 Å². The van der Waals surface area contributed by atoms with E-state index < -0.39 is 0 Å². The lowest BCUT2D eigenvalue weighted by Crippen LogP contribution is -2.32. The van der Waals surface area contributed by atoms with Gasteiger partial charge < -0.3 is 5.43 Å². The topological polar surface area (TPSA) is 55.6 Å². The molecule has 0 fully saturated rings. The number of nitrogens with one attached hydrogen (secondary N) is 1. The molecule has 82 valence electrons. The van der Waals surface area contributed by atoms with Gasteiger partial charge in [-0.3, -0.25) is 4.98 Å². The number of rotatable bonds is 1. The first kappa shape index (κ1) is 9.65. The van der Waals surface area contributed by atoms with Crippen molar-refractivity contribution in [2.24, 2.45) is 0 Å². The van der Waals surface area contributed by atoms with Gasteiger partial charge in [0.1, 0.15) is 0 Å². The van der Waals surface area contributed by atoms with Gasteiger partial charge in [0.2, 0.25) is 5.16 Å². The molecular weight excluding hydrogens is 222 g/mol. The summed E-state index contributed by atoms with van der Waals surface area (Å²) in [6, 6.07) is 4.29. The molecular formula is C10H11N5S. The Labute approximate surface area is 97.3 Å². The lowest BCUT2D eigenvalue weighted by Gasteiger charge is -2.22. The molecule has 1 unspecified atom stereocenters. The van der Waals surface area contributed by atoms with Gasteiger partial charge >= 0.3 is 0 Å². The van der Waals surface area contributed by atoms with E-state index in [0.29, 0.717) is 6.04 Å². The zero-order valence-electron chi connectivity index (χ0n) is 8.79.